The number of aliphatic hydroxyl groups excluding tert-OH is 2. The van der Waals surface area contributed by atoms with Gasteiger partial charge in [-0.1, -0.05) is 0 Å². The maximum atomic E-state index is 15.2. The molecule has 0 unspecified atom stereocenters. The molecule has 6 N–H and O–H groups in total. The average Bonchev–Trinajstić information content (AvgIpc) is 2.79. The van der Waals surface area contributed by atoms with Crippen LogP contribution in [0.25, 0.3) is 0 Å². The number of rotatable bonds is 5. The zero-order valence-electron chi connectivity index (χ0n) is 20.8. The van der Waals surface area contributed by atoms with Crippen LogP contribution in [0.4, 0.5) is 4.39 Å². The second-order valence-corrected chi connectivity index (χ2v) is 10.2. The number of aromatic hydroxyl groups is 1. The van der Waals surface area contributed by atoms with Crippen molar-refractivity contribution >= 4 is 24.6 Å². The Hall–Kier alpha value is -3.02. The van der Waals surface area contributed by atoms with Crippen LogP contribution in [0.5, 0.6) is 5.75 Å². The molecule has 192 valence electrons. The number of nitrogens with zero attached hydrogens (tertiary/aromatic N) is 2. The van der Waals surface area contributed by atoms with Crippen LogP contribution in [0.1, 0.15) is 34.8 Å². The number of aliphatic hydroxyl groups is 3. The van der Waals surface area contributed by atoms with Gasteiger partial charge in [0.25, 0.3) is 0 Å². The molecule has 0 aliphatic heterocycles. The third-order valence-corrected chi connectivity index (χ3v) is 7.92. The third-order valence-electron chi connectivity index (χ3n) is 7.92. The number of allylic oxidation sites excluding steroid dienone is 1. The number of primary amides is 1. The number of ketones is 1. The van der Waals surface area contributed by atoms with Crippen molar-refractivity contribution in [3.05, 3.63) is 51.2 Å². The van der Waals surface area contributed by atoms with Crippen molar-refractivity contribution in [2.45, 2.75) is 38.0 Å². The van der Waals surface area contributed by atoms with Gasteiger partial charge in [0.05, 0.1) is 0 Å². The SMILES string of the molecule is B=C1C(C(N)=O)=C(O)[C@@H](N(C)C)[C@@H]2C[C@@H]3Cc4c(F)cc(CN(C)CC)c(O)c4C(=O)C3=C(O)[C@]12O. The van der Waals surface area contributed by atoms with E-state index in [0.29, 0.717) is 6.54 Å². The Morgan fingerprint density at radius 2 is 1.92 bits per heavy atom. The standard InChI is InChI=1S/C25H31BFN3O6/c1-5-30(4)9-11-8-14(27)12-6-10-7-13-18(29(2)3)21(33)17(24(28)35)22(26)25(13,36)23(34)15(10)20(32)16(12)19(11)31/h8,10,13,18,26,31,33-34,36H,5-7,9H2,1-4H3,(H2,28,35)/t10-,13-,18-,25+/m0/s1. The molecule has 11 heteroatoms. The zero-order chi connectivity index (χ0) is 26.9. The summed E-state index contributed by atoms with van der Waals surface area (Å²) in [4.78, 5) is 29.3. The summed E-state index contributed by atoms with van der Waals surface area (Å²) in [6.45, 7) is 2.73. The second-order valence-electron chi connectivity index (χ2n) is 10.2. The van der Waals surface area contributed by atoms with Crippen LogP contribution in [-0.2, 0) is 17.8 Å². The van der Waals surface area contributed by atoms with Crippen LogP contribution >= 0.6 is 0 Å². The number of hydrogen-bond acceptors (Lipinski definition) is 8. The van der Waals surface area contributed by atoms with Crippen LogP contribution < -0.4 is 5.73 Å². The molecule has 4 rings (SSSR count). The zero-order valence-corrected chi connectivity index (χ0v) is 20.8. The molecule has 0 spiro atoms. The predicted octanol–water partition coefficient (Wildman–Crippen LogP) is 0.216. The van der Waals surface area contributed by atoms with Crippen molar-refractivity contribution in [2.24, 2.45) is 17.6 Å². The molecule has 0 fully saturated rings. The van der Waals surface area contributed by atoms with E-state index < -0.39 is 52.3 Å². The van der Waals surface area contributed by atoms with E-state index in [2.05, 4.69) is 7.49 Å². The molecule has 0 radical (unpaired) electrons. The van der Waals surface area contributed by atoms with Gasteiger partial charge in [0.2, 0.25) is 0 Å². The van der Waals surface area contributed by atoms with Gasteiger partial charge in [-0.25, -0.2) is 0 Å². The van der Waals surface area contributed by atoms with E-state index in [1.165, 1.54) is 6.07 Å². The van der Waals surface area contributed by atoms with E-state index in [4.69, 9.17) is 5.73 Å². The quantitative estimate of drug-likeness (QED) is 0.362. The van der Waals surface area contributed by atoms with Crippen molar-refractivity contribution in [3.8, 4) is 5.75 Å². The average molecular weight is 499 g/mol. The molecule has 3 aliphatic carbocycles. The Morgan fingerprint density at radius 3 is 2.47 bits per heavy atom. The van der Waals surface area contributed by atoms with Gasteiger partial charge < -0.3 is 0 Å². The predicted molar refractivity (Wildman–Crippen MR) is 133 cm³/mol. The van der Waals surface area contributed by atoms with Gasteiger partial charge in [0, 0.05) is 0 Å². The molecule has 9 nitrogen and oxygen atoms in total. The third kappa shape index (κ3) is 3.52. The van der Waals surface area contributed by atoms with Crippen molar-refractivity contribution in [1.29, 1.82) is 0 Å². The Kier molecular flexibility index (Phi) is 6.39. The summed E-state index contributed by atoms with van der Waals surface area (Å²) in [5.74, 6) is -5.57. The molecule has 0 heterocycles. The first-order valence-corrected chi connectivity index (χ1v) is 11.8. The van der Waals surface area contributed by atoms with Crippen LogP contribution in [0, 0.1) is 17.7 Å². The van der Waals surface area contributed by atoms with E-state index >= 15 is 4.39 Å². The van der Waals surface area contributed by atoms with Gasteiger partial charge in [-0.2, -0.15) is 0 Å². The number of phenols is 1. The number of carbonyl (C=O) groups is 2. The second kappa shape index (κ2) is 8.83. The van der Waals surface area contributed by atoms with E-state index in [0.717, 1.165) is 0 Å². The molecule has 0 bridgehead atoms. The Bertz CT molecular complexity index is 1260. The fourth-order valence-corrected chi connectivity index (χ4v) is 6.01. The number of halogens is 1. The van der Waals surface area contributed by atoms with Crippen molar-refractivity contribution in [1.82, 2.24) is 9.80 Å². The molecule has 1 amide bonds. The van der Waals surface area contributed by atoms with E-state index in [-0.39, 0.29) is 58.6 Å². The molecule has 0 aromatic heterocycles. The fraction of sp³-hybridized carbons (Fsp3) is 0.480. The molecule has 3 aliphatic rings. The van der Waals surface area contributed by atoms with Crippen LogP contribution in [0.3, 0.4) is 0 Å². The van der Waals surface area contributed by atoms with Gasteiger partial charge >= 0.3 is 209 Å². The molecule has 0 saturated heterocycles. The Balaban J connectivity index is 1.93. The Labute approximate surface area is 209 Å². The molecule has 4 atom stereocenters. The number of amides is 1. The number of Topliss-reactive ketones (excluding diaryl/α,β-unsaturated/α-hetero) is 1. The number of nitrogens with two attached hydrogens (primary N) is 1. The van der Waals surface area contributed by atoms with Gasteiger partial charge in [-0.3, -0.25) is 0 Å². The maximum absolute atomic E-state index is 15.2. The Morgan fingerprint density at radius 1 is 1.28 bits per heavy atom. The van der Waals surface area contributed by atoms with Crippen molar-refractivity contribution in [2.75, 3.05) is 27.7 Å². The van der Waals surface area contributed by atoms with E-state index in [1.54, 1.807) is 26.0 Å². The minimum atomic E-state index is -2.28. The van der Waals surface area contributed by atoms with Crippen molar-refractivity contribution in [3.63, 3.8) is 0 Å². The van der Waals surface area contributed by atoms with Gasteiger partial charge in [0.1, 0.15) is 0 Å². The van der Waals surface area contributed by atoms with Crippen LogP contribution in [0.15, 0.2) is 28.7 Å². The first-order valence-electron chi connectivity index (χ1n) is 11.8. The van der Waals surface area contributed by atoms with Crippen molar-refractivity contribution < 1.29 is 34.4 Å². The summed E-state index contributed by atoms with van der Waals surface area (Å²) in [6.07, 6.45) is 0.0652. The summed E-state index contributed by atoms with van der Waals surface area (Å²) in [6, 6.07) is 0.286. The first kappa shape index (κ1) is 26.1. The number of carbonyl (C=O) groups excluding carboxylic acids is 2. The number of phenolic OH excluding ortho intramolecular Hbond substituents is 1. The molecular formula is C25H31BFN3O6. The first-order chi connectivity index (χ1) is 16.8. The summed E-state index contributed by atoms with van der Waals surface area (Å²) >= 11 is 0. The van der Waals surface area contributed by atoms with Gasteiger partial charge in [0.15, 0.2) is 0 Å². The molecule has 1 aromatic carbocycles. The van der Waals surface area contributed by atoms with Crippen LogP contribution in [-0.4, -0.2) is 94.2 Å². The van der Waals surface area contributed by atoms with Gasteiger partial charge in [-0.15, -0.1) is 0 Å². The summed E-state index contributed by atoms with van der Waals surface area (Å²) < 4.78 is 15.2. The topological polar surface area (TPSA) is 148 Å². The molecular weight excluding hydrogens is 468 g/mol. The summed E-state index contributed by atoms with van der Waals surface area (Å²) in [5, 5.41) is 45.1. The summed E-state index contributed by atoms with van der Waals surface area (Å²) in [7, 11) is 8.79. The minimum absolute atomic E-state index is 0.00385. The number of likely N-dealkylation sites (N-methyl/N-ethyl adjacent to an activating group) is 1. The normalized spacial score (nSPS) is 27.9. The number of hydrogen-bond donors (Lipinski definition) is 5. The van der Waals surface area contributed by atoms with E-state index in [9.17, 15) is 30.0 Å². The molecule has 36 heavy (non-hydrogen) atoms. The number of benzene rings is 1. The molecule has 1 aromatic rings. The van der Waals surface area contributed by atoms with E-state index in [1.807, 2.05) is 11.8 Å². The molecule has 0 saturated carbocycles. The summed E-state index contributed by atoms with van der Waals surface area (Å²) in [5.41, 5.74) is 2.33. The monoisotopic (exact) mass is 499 g/mol. The van der Waals surface area contributed by atoms with Gasteiger partial charge in [-0.05, 0) is 0 Å². The number of fused-ring (bicyclic) bond motifs is 3. The fourth-order valence-electron chi connectivity index (χ4n) is 6.01. The van der Waals surface area contributed by atoms with Crippen LogP contribution in [0.2, 0.25) is 0 Å².